The summed E-state index contributed by atoms with van der Waals surface area (Å²) in [6.07, 6.45) is 1.79. The molecule has 6 nitrogen and oxygen atoms in total. The fraction of sp³-hybridized carbons (Fsp3) is 0.357. The van der Waals surface area contributed by atoms with E-state index in [2.05, 4.69) is 5.32 Å². The van der Waals surface area contributed by atoms with Crippen LogP contribution >= 0.6 is 11.3 Å². The molecule has 6 rings (SSSR count). The third-order valence-corrected chi connectivity index (χ3v) is 8.10. The van der Waals surface area contributed by atoms with Gasteiger partial charge in [0.15, 0.2) is 12.1 Å². The molecule has 3 fully saturated rings. The fourth-order valence-corrected chi connectivity index (χ4v) is 6.07. The lowest BCUT2D eigenvalue weighted by Gasteiger charge is -2.51. The van der Waals surface area contributed by atoms with Crippen molar-refractivity contribution in [3.05, 3.63) is 82.6 Å². The number of hydrogen-bond acceptors (Lipinski definition) is 6. The number of thiophene rings is 1. The third-order valence-electron chi connectivity index (χ3n) is 7.40. The SMILES string of the molecule is COc1ccc(NC(C(=O)O[C@H]2C[N+]3(CC(=O)c4ccccc4)CCC2CC3)c2ccsc2)cc1. The van der Waals surface area contributed by atoms with Crippen molar-refractivity contribution in [2.24, 2.45) is 5.92 Å². The van der Waals surface area contributed by atoms with Crippen LogP contribution in [0.4, 0.5) is 5.69 Å². The number of carbonyl (C=O) groups is 2. The highest BCUT2D eigenvalue weighted by molar-refractivity contribution is 7.08. The number of quaternary nitrogens is 1. The normalized spacial score (nSPS) is 23.9. The Labute approximate surface area is 210 Å². The number of Topliss-reactive ketones (excluding diaryl/α,β-unsaturated/α-hetero) is 1. The molecule has 3 saturated heterocycles. The number of fused-ring (bicyclic) bond motifs is 3. The van der Waals surface area contributed by atoms with Gasteiger partial charge in [-0.05, 0) is 46.7 Å². The molecule has 182 valence electrons. The number of ketones is 1. The summed E-state index contributed by atoms with van der Waals surface area (Å²) in [5.41, 5.74) is 2.47. The molecule has 0 saturated carbocycles. The molecule has 1 aromatic heterocycles. The number of anilines is 1. The van der Waals surface area contributed by atoms with E-state index in [-0.39, 0.29) is 17.9 Å². The zero-order valence-corrected chi connectivity index (χ0v) is 20.7. The van der Waals surface area contributed by atoms with Crippen LogP contribution in [0.3, 0.4) is 0 Å². The van der Waals surface area contributed by atoms with Gasteiger partial charge in [-0.1, -0.05) is 30.3 Å². The van der Waals surface area contributed by atoms with E-state index >= 15 is 0 Å². The predicted octanol–water partition coefficient (Wildman–Crippen LogP) is 4.95. The standard InChI is InChI=1S/C28H31N2O4S/c1-33-24-9-7-23(8-10-24)29-27(22-13-16-35-19-22)28(32)34-26-18-30(14-11-21(26)12-15-30)17-25(31)20-5-3-2-4-6-20/h2-10,13,16,19,21,26-27,29H,11-12,14-15,17-18H2,1H3/q+1/t21?,26-,27?,30?/m0/s1. The Kier molecular flexibility index (Phi) is 6.88. The second kappa shape index (κ2) is 10.2. The van der Waals surface area contributed by atoms with E-state index in [0.717, 1.165) is 48.5 Å². The summed E-state index contributed by atoms with van der Waals surface area (Å²) < 4.78 is 12.1. The number of hydrogen-bond donors (Lipinski definition) is 1. The van der Waals surface area contributed by atoms with Crippen LogP contribution in [0.5, 0.6) is 5.75 Å². The molecule has 0 aliphatic carbocycles. The highest BCUT2D eigenvalue weighted by Gasteiger charge is 2.49. The summed E-state index contributed by atoms with van der Waals surface area (Å²) in [5, 5.41) is 7.29. The first-order chi connectivity index (χ1) is 17.0. The lowest BCUT2D eigenvalue weighted by Crippen LogP contribution is -2.65. The van der Waals surface area contributed by atoms with E-state index in [1.54, 1.807) is 18.4 Å². The molecule has 0 amide bonds. The summed E-state index contributed by atoms with van der Waals surface area (Å²) in [5.74, 6) is 1.00. The van der Waals surface area contributed by atoms with Crippen LogP contribution in [0.1, 0.15) is 34.8 Å². The van der Waals surface area contributed by atoms with E-state index in [1.165, 1.54) is 0 Å². The van der Waals surface area contributed by atoms with Crippen LogP contribution in [0.2, 0.25) is 0 Å². The van der Waals surface area contributed by atoms with E-state index in [9.17, 15) is 9.59 Å². The molecule has 2 atom stereocenters. The number of rotatable bonds is 9. The van der Waals surface area contributed by atoms with Gasteiger partial charge in [0, 0.05) is 30.0 Å². The highest BCUT2D eigenvalue weighted by Crippen LogP contribution is 2.37. The minimum Gasteiger partial charge on any atom is -0.497 e. The van der Waals surface area contributed by atoms with Crippen LogP contribution in [0.25, 0.3) is 0 Å². The average Bonchev–Trinajstić information content (AvgIpc) is 3.43. The summed E-state index contributed by atoms with van der Waals surface area (Å²) in [6.45, 7) is 3.10. The molecule has 3 aliphatic heterocycles. The second-order valence-corrected chi connectivity index (χ2v) is 10.4. The van der Waals surface area contributed by atoms with Crippen molar-refractivity contribution >= 4 is 28.8 Å². The first kappa shape index (κ1) is 23.6. The molecule has 0 spiro atoms. The molecule has 2 bridgehead atoms. The van der Waals surface area contributed by atoms with Crippen LogP contribution < -0.4 is 10.1 Å². The van der Waals surface area contributed by atoms with E-state index in [0.29, 0.717) is 23.5 Å². The second-order valence-electron chi connectivity index (χ2n) is 9.59. The van der Waals surface area contributed by atoms with Crippen molar-refractivity contribution in [2.45, 2.75) is 25.0 Å². The van der Waals surface area contributed by atoms with E-state index in [4.69, 9.17) is 9.47 Å². The quantitative estimate of drug-likeness (QED) is 0.261. The van der Waals surface area contributed by atoms with Gasteiger partial charge in [0.2, 0.25) is 5.78 Å². The van der Waals surface area contributed by atoms with Crippen molar-refractivity contribution in [1.82, 2.24) is 0 Å². The number of nitrogens with one attached hydrogen (secondary N) is 1. The van der Waals surface area contributed by atoms with Crippen molar-refractivity contribution in [3.8, 4) is 5.75 Å². The Morgan fingerprint density at radius 2 is 1.80 bits per heavy atom. The zero-order chi connectivity index (χ0) is 24.3. The Balaban J connectivity index is 1.29. The van der Waals surface area contributed by atoms with Gasteiger partial charge in [0.1, 0.15) is 18.8 Å². The van der Waals surface area contributed by atoms with Crippen molar-refractivity contribution in [1.29, 1.82) is 0 Å². The van der Waals surface area contributed by atoms with Gasteiger partial charge >= 0.3 is 5.97 Å². The predicted molar refractivity (Wildman–Crippen MR) is 137 cm³/mol. The molecule has 0 radical (unpaired) electrons. The molecule has 35 heavy (non-hydrogen) atoms. The van der Waals surface area contributed by atoms with Crippen LogP contribution in [-0.2, 0) is 9.53 Å². The monoisotopic (exact) mass is 491 g/mol. The Bertz CT molecular complexity index is 1140. The number of benzene rings is 2. The van der Waals surface area contributed by atoms with Crippen molar-refractivity contribution in [3.63, 3.8) is 0 Å². The number of methoxy groups -OCH3 is 1. The maximum absolute atomic E-state index is 13.5. The maximum atomic E-state index is 13.5. The van der Waals surface area contributed by atoms with Gasteiger partial charge in [-0.15, -0.1) is 0 Å². The molecular weight excluding hydrogens is 460 g/mol. The van der Waals surface area contributed by atoms with Gasteiger partial charge in [-0.3, -0.25) is 4.79 Å². The van der Waals surface area contributed by atoms with Gasteiger partial charge in [-0.2, -0.15) is 11.3 Å². The number of nitrogens with zero attached hydrogens (tertiary/aromatic N) is 1. The number of carbonyl (C=O) groups excluding carboxylic acids is 2. The minimum atomic E-state index is -0.593. The summed E-state index contributed by atoms with van der Waals surface area (Å²) in [7, 11) is 1.63. The molecule has 3 aromatic rings. The van der Waals surface area contributed by atoms with Gasteiger partial charge in [-0.25, -0.2) is 4.79 Å². The van der Waals surface area contributed by atoms with E-state index in [1.807, 2.05) is 71.4 Å². The Morgan fingerprint density at radius 1 is 1.06 bits per heavy atom. The summed E-state index contributed by atoms with van der Waals surface area (Å²) >= 11 is 1.56. The van der Waals surface area contributed by atoms with Gasteiger partial charge < -0.3 is 19.3 Å². The molecular formula is C28H31N2O4S+. The Hall–Kier alpha value is -3.16. The minimum absolute atomic E-state index is 0.161. The lowest BCUT2D eigenvalue weighted by atomic mass is 9.82. The molecule has 4 heterocycles. The summed E-state index contributed by atoms with van der Waals surface area (Å²) in [4.78, 5) is 26.5. The number of piperidine rings is 3. The highest BCUT2D eigenvalue weighted by atomic mass is 32.1. The van der Waals surface area contributed by atoms with E-state index < -0.39 is 6.04 Å². The molecule has 1 N–H and O–H groups in total. The fourth-order valence-electron chi connectivity index (χ4n) is 5.39. The third kappa shape index (κ3) is 5.26. The lowest BCUT2D eigenvalue weighted by molar-refractivity contribution is -0.938. The number of esters is 1. The maximum Gasteiger partial charge on any atom is 0.333 e. The smallest absolute Gasteiger partial charge is 0.333 e. The number of ether oxygens (including phenoxy) is 2. The molecule has 1 unspecified atom stereocenters. The van der Waals surface area contributed by atoms with Gasteiger partial charge in [0.05, 0.1) is 20.2 Å². The summed E-state index contributed by atoms with van der Waals surface area (Å²) in [6, 6.07) is 18.4. The van der Waals surface area contributed by atoms with Crippen LogP contribution in [-0.4, -0.2) is 55.6 Å². The van der Waals surface area contributed by atoms with Crippen LogP contribution in [0.15, 0.2) is 71.4 Å². The van der Waals surface area contributed by atoms with Crippen LogP contribution in [0, 0.1) is 5.92 Å². The Morgan fingerprint density at radius 3 is 2.46 bits per heavy atom. The largest absolute Gasteiger partial charge is 0.497 e. The first-order valence-corrected chi connectivity index (χ1v) is 13.1. The molecule has 2 aromatic carbocycles. The topological polar surface area (TPSA) is 64.6 Å². The molecule has 3 aliphatic rings. The van der Waals surface area contributed by atoms with Gasteiger partial charge in [0.25, 0.3) is 0 Å². The van der Waals surface area contributed by atoms with Crippen molar-refractivity contribution < 1.29 is 23.5 Å². The van der Waals surface area contributed by atoms with Crippen molar-refractivity contribution in [2.75, 3.05) is 38.6 Å². The average molecular weight is 492 g/mol. The first-order valence-electron chi connectivity index (χ1n) is 12.1. The zero-order valence-electron chi connectivity index (χ0n) is 19.9. The molecule has 7 heteroatoms.